The van der Waals surface area contributed by atoms with Crippen LogP contribution in [0.25, 0.3) is 0 Å². The first kappa shape index (κ1) is 50.3. The Balaban J connectivity index is 0.000000385. The summed E-state index contributed by atoms with van der Waals surface area (Å²) in [5.74, 6) is 1.21. The van der Waals surface area contributed by atoms with Gasteiger partial charge in [0, 0.05) is 13.2 Å². The molecule has 0 spiro atoms. The maximum absolute atomic E-state index is 11.4. The average molecular weight is 817 g/mol. The lowest BCUT2D eigenvalue weighted by Crippen LogP contribution is -2.66. The van der Waals surface area contributed by atoms with Crippen molar-refractivity contribution in [1.82, 2.24) is 0 Å². The third-order valence-corrected chi connectivity index (χ3v) is 21.0. The molecule has 0 saturated carbocycles. The summed E-state index contributed by atoms with van der Waals surface area (Å²) in [5.41, 5.74) is 2.00. The van der Waals surface area contributed by atoms with E-state index in [4.69, 9.17) is 8.85 Å². The van der Waals surface area contributed by atoms with Crippen molar-refractivity contribution in [1.29, 1.82) is 0 Å². The molecule has 0 heterocycles. The summed E-state index contributed by atoms with van der Waals surface area (Å²) in [6, 6.07) is 43.3. The van der Waals surface area contributed by atoms with Gasteiger partial charge in [0.1, 0.15) is 0 Å². The zero-order chi connectivity index (χ0) is 43.4. The number of benzene rings is 4. The summed E-state index contributed by atoms with van der Waals surface area (Å²) in [6.07, 6.45) is 6.18. The molecule has 0 bridgehead atoms. The van der Waals surface area contributed by atoms with Crippen LogP contribution in [-0.2, 0) is 13.6 Å². The van der Waals surface area contributed by atoms with Gasteiger partial charge in [-0.1, -0.05) is 189 Å². The van der Waals surface area contributed by atoms with E-state index in [1.54, 1.807) is 6.92 Å². The molecule has 0 unspecified atom stereocenters. The van der Waals surface area contributed by atoms with Crippen LogP contribution < -0.4 is 20.7 Å². The van der Waals surface area contributed by atoms with Crippen molar-refractivity contribution in [3.63, 3.8) is 0 Å². The first-order valence-corrected chi connectivity index (χ1v) is 25.1. The lowest BCUT2D eigenvalue weighted by atomic mass is 9.96. The molecule has 0 aliphatic heterocycles. The van der Waals surface area contributed by atoms with E-state index in [0.29, 0.717) is 11.8 Å². The van der Waals surface area contributed by atoms with Gasteiger partial charge in [0.05, 0.1) is 0 Å². The number of ketones is 1. The molecule has 0 radical (unpaired) electrons. The van der Waals surface area contributed by atoms with Crippen LogP contribution in [0.15, 0.2) is 159 Å². The second-order valence-electron chi connectivity index (χ2n) is 18.0. The van der Waals surface area contributed by atoms with Gasteiger partial charge in [-0.2, -0.15) is 0 Å². The van der Waals surface area contributed by atoms with Crippen molar-refractivity contribution in [3.05, 3.63) is 159 Å². The largest absolute Gasteiger partial charge is 0.407 e. The fourth-order valence-electron chi connectivity index (χ4n) is 8.20. The van der Waals surface area contributed by atoms with Gasteiger partial charge in [-0.05, 0) is 101 Å². The topological polar surface area (TPSA) is 35.5 Å². The van der Waals surface area contributed by atoms with Crippen molar-refractivity contribution < 1.29 is 13.6 Å². The van der Waals surface area contributed by atoms with E-state index in [2.05, 4.69) is 210 Å². The van der Waals surface area contributed by atoms with E-state index >= 15 is 0 Å². The first-order chi connectivity index (χ1) is 27.5. The van der Waals surface area contributed by atoms with Gasteiger partial charge in [-0.15, -0.1) is 19.7 Å². The smallest absolute Gasteiger partial charge is 0.261 e. The number of carbonyl (C=O) groups excluding carboxylic acids is 1. The molecule has 0 aliphatic rings. The third-order valence-electron chi connectivity index (χ3n) is 10.9. The maximum atomic E-state index is 11.4. The molecule has 4 rings (SSSR count). The Kier molecular flexibility index (Phi) is 21.0. The van der Waals surface area contributed by atoms with Gasteiger partial charge in [0.25, 0.3) is 16.6 Å². The lowest BCUT2D eigenvalue weighted by Gasteiger charge is -2.43. The summed E-state index contributed by atoms with van der Waals surface area (Å²) < 4.78 is 13.9. The first-order valence-electron chi connectivity index (χ1n) is 21.3. The predicted octanol–water partition coefficient (Wildman–Crippen LogP) is 12.3. The van der Waals surface area contributed by atoms with Crippen LogP contribution in [0.5, 0.6) is 0 Å². The summed E-state index contributed by atoms with van der Waals surface area (Å²) in [6.45, 7) is 37.6. The van der Waals surface area contributed by atoms with Crippen LogP contribution in [0.1, 0.15) is 108 Å². The van der Waals surface area contributed by atoms with Crippen LogP contribution in [0.3, 0.4) is 0 Å². The maximum Gasteiger partial charge on any atom is 0.261 e. The molecule has 58 heavy (non-hydrogen) atoms. The van der Waals surface area contributed by atoms with E-state index in [1.165, 1.54) is 32.7 Å². The fourth-order valence-corrected chi connectivity index (χ4v) is 17.4. The van der Waals surface area contributed by atoms with E-state index in [-0.39, 0.29) is 15.9 Å². The van der Waals surface area contributed by atoms with Gasteiger partial charge >= 0.3 is 0 Å². The average Bonchev–Trinajstić information content (AvgIpc) is 3.19. The summed E-state index contributed by atoms with van der Waals surface area (Å²) >= 11 is 0. The minimum atomic E-state index is -2.44. The second kappa shape index (κ2) is 24.3. The number of allylic oxidation sites excluding steroid dienone is 2. The molecule has 4 aromatic carbocycles. The Bertz CT molecular complexity index is 1690. The molecule has 0 aromatic heterocycles. The van der Waals surface area contributed by atoms with Crippen molar-refractivity contribution >= 4 is 43.2 Å². The van der Waals surface area contributed by atoms with Crippen molar-refractivity contribution in [3.8, 4) is 0 Å². The van der Waals surface area contributed by atoms with E-state index < -0.39 is 16.6 Å². The van der Waals surface area contributed by atoms with Gasteiger partial charge < -0.3 is 8.85 Å². The molecule has 314 valence electrons. The van der Waals surface area contributed by atoms with Gasteiger partial charge in [0.2, 0.25) is 0 Å². The summed E-state index contributed by atoms with van der Waals surface area (Å²) in [4.78, 5) is 11.4. The van der Waals surface area contributed by atoms with Crippen molar-refractivity contribution in [2.45, 2.75) is 118 Å². The molecule has 0 fully saturated rings. The molecular formula is C53H76O3Si2. The van der Waals surface area contributed by atoms with Gasteiger partial charge in [-0.3, -0.25) is 4.79 Å². The fraction of sp³-hybridized carbons (Fsp3) is 0.415. The Morgan fingerprint density at radius 3 is 1.05 bits per heavy atom. The summed E-state index contributed by atoms with van der Waals surface area (Å²) in [5, 5.41) is 5.41. The zero-order valence-corrected chi connectivity index (χ0v) is 39.9. The molecule has 4 aromatic rings. The Morgan fingerprint density at radius 1 is 0.534 bits per heavy atom. The number of Topliss-reactive ketones (excluding diaryl/α,β-unsaturated/α-hetero) is 1. The van der Waals surface area contributed by atoms with Gasteiger partial charge in [-0.25, -0.2) is 0 Å². The van der Waals surface area contributed by atoms with Crippen LogP contribution >= 0.6 is 0 Å². The standard InChI is InChI=1S/C26H36O2Si.C25H36OSi.C2H4/c1-21(20-22(2)23(3)27)14-13-19-28-29(26(4,5)6,24-15-9-7-10-16-24)25-17-11-8-12-18-25;1-21(2)20-22(3)14-13-19-26-27(25(4,5)6,23-15-9-7-10-16-23)24-17-11-8-12-18-24;1-2/h7-12,15-18,21H,2,13-14,19-20H2,1,3-6H3;7-12,15-18,22H,1,13-14,19-20H2,2-6H3;1-2H2/t21-;22-;/m00./s1. The number of carbonyl (C=O) groups is 1. The predicted molar refractivity (Wildman–Crippen MR) is 259 cm³/mol. The van der Waals surface area contributed by atoms with Crippen LogP contribution in [-0.4, -0.2) is 35.6 Å². The quantitative estimate of drug-likeness (QED) is 0.0409. The monoisotopic (exact) mass is 817 g/mol. The highest BCUT2D eigenvalue weighted by Crippen LogP contribution is 2.38. The van der Waals surface area contributed by atoms with E-state index in [1.807, 2.05) is 0 Å². The molecule has 2 atom stereocenters. The minimum absolute atomic E-state index is 0.00420. The molecule has 0 aliphatic carbocycles. The SMILES string of the molecule is C=C.C=C(C)C[C@@H](C)CCCO[Si](c1ccccc1)(c1ccccc1)C(C)(C)C.C=C(C[C@@H](C)CCCO[Si](c1ccccc1)(c1ccccc1)C(C)(C)C)C(C)=O. The van der Waals surface area contributed by atoms with Crippen LogP contribution in [0.2, 0.25) is 10.1 Å². The normalized spacial score (nSPS) is 12.9. The van der Waals surface area contributed by atoms with Crippen molar-refractivity contribution in [2.24, 2.45) is 11.8 Å². The highest BCUT2D eigenvalue weighted by atomic mass is 28.4. The molecule has 5 heteroatoms. The third kappa shape index (κ3) is 14.1. The number of rotatable bonds is 19. The van der Waals surface area contributed by atoms with E-state index in [9.17, 15) is 4.79 Å². The minimum Gasteiger partial charge on any atom is -0.407 e. The highest BCUT2D eigenvalue weighted by Gasteiger charge is 2.51. The number of hydrogen-bond acceptors (Lipinski definition) is 3. The van der Waals surface area contributed by atoms with Crippen LogP contribution in [0, 0.1) is 11.8 Å². The lowest BCUT2D eigenvalue weighted by molar-refractivity contribution is -0.113. The highest BCUT2D eigenvalue weighted by molar-refractivity contribution is 7.00. The Hall–Kier alpha value is -3.88. The molecule has 0 saturated heterocycles. The Morgan fingerprint density at radius 2 is 0.810 bits per heavy atom. The van der Waals surface area contributed by atoms with E-state index in [0.717, 1.165) is 50.9 Å². The Labute approximate surface area is 357 Å². The molecule has 0 amide bonds. The van der Waals surface area contributed by atoms with Gasteiger partial charge in [0.15, 0.2) is 5.78 Å². The summed E-state index contributed by atoms with van der Waals surface area (Å²) in [7, 11) is -4.81. The molecular weight excluding hydrogens is 741 g/mol. The second-order valence-corrected chi connectivity index (χ2v) is 26.7. The molecule has 0 N–H and O–H groups in total. The number of hydrogen-bond donors (Lipinski definition) is 0. The zero-order valence-electron chi connectivity index (χ0n) is 37.9. The van der Waals surface area contributed by atoms with Crippen molar-refractivity contribution in [2.75, 3.05) is 13.2 Å². The molecule has 3 nitrogen and oxygen atoms in total. The van der Waals surface area contributed by atoms with Crippen LogP contribution in [0.4, 0.5) is 0 Å².